The molecule has 1 aliphatic heterocycles. The average Bonchev–Trinajstić information content (AvgIpc) is 2.88. The van der Waals surface area contributed by atoms with E-state index in [-0.39, 0.29) is 0 Å². The molecule has 1 aromatic rings. The Kier molecular flexibility index (Phi) is 5.37. The van der Waals surface area contributed by atoms with E-state index in [1.165, 1.54) is 35.2 Å². The quantitative estimate of drug-likeness (QED) is 0.820. The van der Waals surface area contributed by atoms with Gasteiger partial charge in [-0.25, -0.2) is 0 Å². The van der Waals surface area contributed by atoms with E-state index in [0.29, 0.717) is 11.5 Å². The molecular formula is C18H29BrN2. The normalized spacial score (nSPS) is 20.9. The van der Waals surface area contributed by atoms with Crippen molar-refractivity contribution in [1.82, 2.24) is 5.32 Å². The maximum Gasteiger partial charge on any atom is 0.0426 e. The van der Waals surface area contributed by atoms with Crippen LogP contribution in [0.25, 0.3) is 0 Å². The molecule has 2 rings (SSSR count). The van der Waals surface area contributed by atoms with Crippen LogP contribution >= 0.6 is 15.9 Å². The molecule has 2 unspecified atom stereocenters. The van der Waals surface area contributed by atoms with E-state index in [0.717, 1.165) is 12.5 Å². The molecule has 1 aromatic carbocycles. The first-order valence-electron chi connectivity index (χ1n) is 8.10. The highest BCUT2D eigenvalue weighted by Gasteiger charge is 2.32. The van der Waals surface area contributed by atoms with Gasteiger partial charge in [-0.05, 0) is 48.9 Å². The standard InChI is InChI=1S/C18H29BrN2/c1-6-20-13(2)16-8-7-15(19)11-17(16)21-10-9-14(12-21)18(3,4)5/h7-8,11,13-14,20H,6,9-10,12H2,1-5H3. The number of rotatable bonds is 4. The van der Waals surface area contributed by atoms with Crippen molar-refractivity contribution in [2.45, 2.75) is 47.1 Å². The first-order valence-corrected chi connectivity index (χ1v) is 8.90. The molecule has 1 N–H and O–H groups in total. The molecule has 0 aromatic heterocycles. The van der Waals surface area contributed by atoms with Gasteiger partial charge in [-0.1, -0.05) is 49.7 Å². The maximum atomic E-state index is 3.64. The molecule has 1 saturated heterocycles. The van der Waals surface area contributed by atoms with Crippen LogP contribution in [0.1, 0.15) is 52.6 Å². The fourth-order valence-corrected chi connectivity index (χ4v) is 3.61. The highest BCUT2D eigenvalue weighted by molar-refractivity contribution is 9.10. The molecule has 21 heavy (non-hydrogen) atoms. The van der Waals surface area contributed by atoms with Gasteiger partial charge in [0.05, 0.1) is 0 Å². The lowest BCUT2D eigenvalue weighted by atomic mass is 9.80. The van der Waals surface area contributed by atoms with Crippen LogP contribution in [-0.4, -0.2) is 19.6 Å². The van der Waals surface area contributed by atoms with Gasteiger partial charge in [0.2, 0.25) is 0 Å². The second kappa shape index (κ2) is 6.70. The summed E-state index contributed by atoms with van der Waals surface area (Å²) in [7, 11) is 0. The van der Waals surface area contributed by atoms with Crippen molar-refractivity contribution in [3.05, 3.63) is 28.2 Å². The lowest BCUT2D eigenvalue weighted by Crippen LogP contribution is -2.28. The maximum absolute atomic E-state index is 3.64. The molecule has 1 aliphatic rings. The minimum absolute atomic E-state index is 0.395. The summed E-state index contributed by atoms with van der Waals surface area (Å²) in [6.07, 6.45) is 1.30. The second-order valence-electron chi connectivity index (χ2n) is 7.28. The molecule has 1 heterocycles. The van der Waals surface area contributed by atoms with E-state index in [1.54, 1.807) is 0 Å². The number of hydrogen-bond acceptors (Lipinski definition) is 2. The van der Waals surface area contributed by atoms with Crippen molar-refractivity contribution < 1.29 is 0 Å². The largest absolute Gasteiger partial charge is 0.371 e. The van der Waals surface area contributed by atoms with Crippen molar-refractivity contribution in [3.63, 3.8) is 0 Å². The van der Waals surface area contributed by atoms with Gasteiger partial charge in [0, 0.05) is 29.3 Å². The number of halogens is 1. The zero-order valence-corrected chi connectivity index (χ0v) is 15.6. The Morgan fingerprint density at radius 1 is 1.38 bits per heavy atom. The van der Waals surface area contributed by atoms with Gasteiger partial charge < -0.3 is 10.2 Å². The van der Waals surface area contributed by atoms with E-state index in [4.69, 9.17) is 0 Å². The Morgan fingerprint density at radius 2 is 2.10 bits per heavy atom. The molecule has 2 atom stereocenters. The second-order valence-corrected chi connectivity index (χ2v) is 8.20. The minimum Gasteiger partial charge on any atom is -0.371 e. The van der Waals surface area contributed by atoms with Crippen LogP contribution in [0.5, 0.6) is 0 Å². The van der Waals surface area contributed by atoms with Crippen LogP contribution in [0.2, 0.25) is 0 Å². The average molecular weight is 353 g/mol. The Labute approximate surface area is 138 Å². The lowest BCUT2D eigenvalue weighted by molar-refractivity contribution is 0.263. The lowest BCUT2D eigenvalue weighted by Gasteiger charge is -2.29. The van der Waals surface area contributed by atoms with Crippen LogP contribution in [0.15, 0.2) is 22.7 Å². The van der Waals surface area contributed by atoms with Gasteiger partial charge in [0.25, 0.3) is 0 Å². The third-order valence-electron chi connectivity index (χ3n) is 4.72. The smallest absolute Gasteiger partial charge is 0.0426 e. The summed E-state index contributed by atoms with van der Waals surface area (Å²) in [6.45, 7) is 14.9. The Bertz CT molecular complexity index is 479. The van der Waals surface area contributed by atoms with Crippen LogP contribution in [0, 0.1) is 11.3 Å². The summed E-state index contributed by atoms with van der Waals surface area (Å²) in [5.41, 5.74) is 3.20. The van der Waals surface area contributed by atoms with E-state index >= 15 is 0 Å². The minimum atomic E-state index is 0.395. The SMILES string of the molecule is CCNC(C)c1ccc(Br)cc1N1CCC(C(C)(C)C)C1. The number of hydrogen-bond donors (Lipinski definition) is 1. The molecule has 0 spiro atoms. The number of nitrogens with one attached hydrogen (secondary N) is 1. The number of nitrogens with zero attached hydrogens (tertiary/aromatic N) is 1. The number of benzene rings is 1. The highest BCUT2D eigenvalue weighted by Crippen LogP contribution is 2.38. The van der Waals surface area contributed by atoms with Crippen LogP contribution in [0.4, 0.5) is 5.69 Å². The van der Waals surface area contributed by atoms with E-state index < -0.39 is 0 Å². The third kappa shape index (κ3) is 4.01. The molecule has 3 heteroatoms. The van der Waals surface area contributed by atoms with E-state index in [1.807, 2.05) is 0 Å². The van der Waals surface area contributed by atoms with Crippen LogP contribution < -0.4 is 10.2 Å². The highest BCUT2D eigenvalue weighted by atomic mass is 79.9. The molecule has 0 saturated carbocycles. The molecule has 0 amide bonds. The third-order valence-corrected chi connectivity index (χ3v) is 5.22. The molecule has 0 bridgehead atoms. The Hall–Kier alpha value is -0.540. The predicted octanol–water partition coefficient (Wildman–Crippen LogP) is 4.99. The van der Waals surface area contributed by atoms with Crippen molar-refractivity contribution in [2.75, 3.05) is 24.5 Å². The summed E-state index contributed by atoms with van der Waals surface area (Å²) in [6, 6.07) is 7.10. The summed E-state index contributed by atoms with van der Waals surface area (Å²) in [5.74, 6) is 0.777. The summed E-state index contributed by atoms with van der Waals surface area (Å²) < 4.78 is 1.17. The van der Waals surface area contributed by atoms with Crippen molar-refractivity contribution in [3.8, 4) is 0 Å². The first-order chi connectivity index (χ1) is 9.82. The fraction of sp³-hybridized carbons (Fsp3) is 0.667. The molecule has 1 fully saturated rings. The zero-order valence-electron chi connectivity index (χ0n) is 14.0. The Morgan fingerprint density at radius 3 is 2.67 bits per heavy atom. The molecule has 118 valence electrons. The van der Waals surface area contributed by atoms with Crippen LogP contribution in [0.3, 0.4) is 0 Å². The molecule has 0 aliphatic carbocycles. The molecule has 0 radical (unpaired) electrons. The van der Waals surface area contributed by atoms with Crippen LogP contribution in [-0.2, 0) is 0 Å². The van der Waals surface area contributed by atoms with Gasteiger partial charge in [-0.3, -0.25) is 0 Å². The fourth-order valence-electron chi connectivity index (χ4n) is 3.26. The summed E-state index contributed by atoms with van der Waals surface area (Å²) in [5, 5.41) is 3.54. The topological polar surface area (TPSA) is 15.3 Å². The zero-order chi connectivity index (χ0) is 15.6. The predicted molar refractivity (Wildman–Crippen MR) is 96.0 cm³/mol. The molecule has 2 nitrogen and oxygen atoms in total. The van der Waals surface area contributed by atoms with Gasteiger partial charge in [-0.15, -0.1) is 0 Å². The van der Waals surface area contributed by atoms with Gasteiger partial charge in [0.15, 0.2) is 0 Å². The van der Waals surface area contributed by atoms with E-state index in [2.05, 4.69) is 79.0 Å². The summed E-state index contributed by atoms with van der Waals surface area (Å²) in [4.78, 5) is 2.57. The van der Waals surface area contributed by atoms with Crippen molar-refractivity contribution in [2.24, 2.45) is 11.3 Å². The van der Waals surface area contributed by atoms with Gasteiger partial charge in [-0.2, -0.15) is 0 Å². The van der Waals surface area contributed by atoms with Gasteiger partial charge >= 0.3 is 0 Å². The summed E-state index contributed by atoms with van der Waals surface area (Å²) >= 11 is 3.64. The first kappa shape index (κ1) is 16.8. The van der Waals surface area contributed by atoms with Gasteiger partial charge in [0.1, 0.15) is 0 Å². The molecular weight excluding hydrogens is 324 g/mol. The van der Waals surface area contributed by atoms with E-state index in [9.17, 15) is 0 Å². The number of anilines is 1. The van der Waals surface area contributed by atoms with Crippen molar-refractivity contribution >= 4 is 21.6 Å². The monoisotopic (exact) mass is 352 g/mol. The van der Waals surface area contributed by atoms with Crippen molar-refractivity contribution in [1.29, 1.82) is 0 Å². The Balaban J connectivity index is 2.25.